The Kier molecular flexibility index (Phi) is 3.19. The Hall–Kier alpha value is -2.32. The lowest BCUT2D eigenvalue weighted by Crippen LogP contribution is -2.10. The van der Waals surface area contributed by atoms with E-state index in [1.54, 1.807) is 13.0 Å². The lowest BCUT2D eigenvalue weighted by Gasteiger charge is -2.03. The number of fused-ring (bicyclic) bond motifs is 1. The predicted molar refractivity (Wildman–Crippen MR) is 76.2 cm³/mol. The molecule has 0 aliphatic rings. The smallest absolute Gasteiger partial charge is 0.271 e. The van der Waals surface area contributed by atoms with Crippen LogP contribution in [0.5, 0.6) is 0 Å². The summed E-state index contributed by atoms with van der Waals surface area (Å²) in [6, 6.07) is 8.39. The first-order chi connectivity index (χ1) is 9.91. The van der Waals surface area contributed by atoms with E-state index in [0.717, 1.165) is 11.2 Å². The van der Waals surface area contributed by atoms with Gasteiger partial charge in [-0.25, -0.2) is 18.5 Å². The topological polar surface area (TPSA) is 111 Å². The number of benzene rings is 1. The minimum atomic E-state index is -3.81. The van der Waals surface area contributed by atoms with Gasteiger partial charge in [0.15, 0.2) is 11.5 Å². The van der Waals surface area contributed by atoms with E-state index in [2.05, 4.69) is 10.3 Å². The Bertz CT molecular complexity index is 895. The number of furan rings is 1. The van der Waals surface area contributed by atoms with Crippen molar-refractivity contribution < 1.29 is 17.3 Å². The molecule has 21 heavy (non-hydrogen) atoms. The summed E-state index contributed by atoms with van der Waals surface area (Å²) in [4.78, 5) is 4.24. The van der Waals surface area contributed by atoms with Crippen LogP contribution >= 0.6 is 0 Å². The summed E-state index contributed by atoms with van der Waals surface area (Å²) >= 11 is 0. The Morgan fingerprint density at radius 3 is 2.76 bits per heavy atom. The predicted octanol–water partition coefficient (Wildman–Crippen LogP) is 1.99. The standard InChI is InChI=1S/C13H13N3O4S/c1-8-16-11-6-9(2-4-12(11)19-8)15-7-10-3-5-13(20-10)21(14,17)18/h2-6,15H,7H2,1H3,(H2,14,17,18). The summed E-state index contributed by atoms with van der Waals surface area (Å²) in [6.45, 7) is 2.11. The molecule has 0 amide bonds. The van der Waals surface area contributed by atoms with Gasteiger partial charge in [-0.05, 0) is 30.3 Å². The zero-order valence-corrected chi connectivity index (χ0v) is 12.0. The molecule has 8 heteroatoms. The molecule has 0 aliphatic carbocycles. The number of nitrogens with one attached hydrogen (secondary N) is 1. The Morgan fingerprint density at radius 2 is 2.05 bits per heavy atom. The van der Waals surface area contributed by atoms with Gasteiger partial charge < -0.3 is 14.2 Å². The minimum absolute atomic E-state index is 0.248. The van der Waals surface area contributed by atoms with E-state index in [1.807, 2.05) is 18.2 Å². The fraction of sp³-hybridized carbons (Fsp3) is 0.154. The summed E-state index contributed by atoms with van der Waals surface area (Å²) in [7, 11) is -3.81. The van der Waals surface area contributed by atoms with E-state index in [-0.39, 0.29) is 5.09 Å². The molecule has 2 aromatic heterocycles. The number of hydrogen-bond donors (Lipinski definition) is 2. The van der Waals surface area contributed by atoms with Gasteiger partial charge >= 0.3 is 0 Å². The number of anilines is 1. The van der Waals surface area contributed by atoms with Gasteiger partial charge in [-0.3, -0.25) is 0 Å². The van der Waals surface area contributed by atoms with Gasteiger partial charge in [-0.1, -0.05) is 0 Å². The highest BCUT2D eigenvalue weighted by Crippen LogP contribution is 2.20. The van der Waals surface area contributed by atoms with Gasteiger partial charge in [0.05, 0.1) is 6.54 Å². The summed E-state index contributed by atoms with van der Waals surface area (Å²) in [6.07, 6.45) is 0. The number of rotatable bonds is 4. The molecule has 1 aromatic carbocycles. The number of oxazole rings is 1. The van der Waals surface area contributed by atoms with Crippen molar-refractivity contribution in [1.82, 2.24) is 4.98 Å². The molecular formula is C13H13N3O4S. The number of aryl methyl sites for hydroxylation is 1. The van der Waals surface area contributed by atoms with Crippen molar-refractivity contribution in [1.29, 1.82) is 0 Å². The molecule has 110 valence electrons. The SMILES string of the molecule is Cc1nc2cc(NCc3ccc(S(N)(=O)=O)o3)ccc2o1. The summed E-state index contributed by atoms with van der Waals surface area (Å²) < 4.78 is 32.8. The summed E-state index contributed by atoms with van der Waals surface area (Å²) in [5, 5.41) is 7.85. The fourth-order valence-electron chi connectivity index (χ4n) is 1.95. The third-order valence-corrected chi connectivity index (χ3v) is 3.66. The molecule has 0 spiro atoms. The first-order valence-corrected chi connectivity index (χ1v) is 7.69. The quantitative estimate of drug-likeness (QED) is 0.762. The van der Waals surface area contributed by atoms with E-state index in [0.29, 0.717) is 23.8 Å². The molecular weight excluding hydrogens is 294 g/mol. The van der Waals surface area contributed by atoms with Gasteiger partial charge in [0.1, 0.15) is 11.3 Å². The van der Waals surface area contributed by atoms with Crippen molar-refractivity contribution in [3.05, 3.63) is 42.0 Å². The van der Waals surface area contributed by atoms with E-state index in [1.165, 1.54) is 6.07 Å². The highest BCUT2D eigenvalue weighted by Gasteiger charge is 2.13. The molecule has 2 heterocycles. The third kappa shape index (κ3) is 2.91. The Balaban J connectivity index is 1.75. The lowest BCUT2D eigenvalue weighted by molar-refractivity contribution is 0.419. The first kappa shape index (κ1) is 13.7. The van der Waals surface area contributed by atoms with Crippen LogP contribution in [0.15, 0.2) is 44.3 Å². The van der Waals surface area contributed by atoms with Gasteiger partial charge in [0.2, 0.25) is 5.09 Å². The summed E-state index contributed by atoms with van der Waals surface area (Å²) in [5.74, 6) is 1.07. The zero-order valence-electron chi connectivity index (χ0n) is 11.2. The number of aromatic nitrogens is 1. The van der Waals surface area contributed by atoms with E-state index in [9.17, 15) is 8.42 Å². The molecule has 0 saturated heterocycles. The molecule has 3 rings (SSSR count). The van der Waals surface area contributed by atoms with Crippen molar-refractivity contribution in [2.24, 2.45) is 5.14 Å². The second-order valence-corrected chi connectivity index (χ2v) is 6.03. The van der Waals surface area contributed by atoms with Crippen molar-refractivity contribution >= 4 is 26.8 Å². The van der Waals surface area contributed by atoms with E-state index >= 15 is 0 Å². The average molecular weight is 307 g/mol. The maximum Gasteiger partial charge on any atom is 0.271 e. The fourth-order valence-corrected chi connectivity index (χ4v) is 2.43. The molecule has 3 N–H and O–H groups in total. The molecule has 7 nitrogen and oxygen atoms in total. The van der Waals surface area contributed by atoms with Crippen LogP contribution in [0.3, 0.4) is 0 Å². The lowest BCUT2D eigenvalue weighted by atomic mass is 10.3. The average Bonchev–Trinajstić information content (AvgIpc) is 3.00. The van der Waals surface area contributed by atoms with Crippen molar-refractivity contribution in [3.8, 4) is 0 Å². The highest BCUT2D eigenvalue weighted by atomic mass is 32.2. The molecule has 3 aromatic rings. The van der Waals surface area contributed by atoms with Crippen LogP contribution in [0, 0.1) is 6.92 Å². The molecule has 0 atom stereocenters. The minimum Gasteiger partial charge on any atom is -0.446 e. The molecule has 0 fully saturated rings. The van der Waals surface area contributed by atoms with Gasteiger partial charge in [0, 0.05) is 12.6 Å². The normalized spacial score (nSPS) is 11.9. The number of sulfonamides is 1. The third-order valence-electron chi connectivity index (χ3n) is 2.88. The molecule has 0 unspecified atom stereocenters. The van der Waals surface area contributed by atoms with Crippen LogP contribution in [0.25, 0.3) is 11.1 Å². The number of nitrogens with zero attached hydrogens (tertiary/aromatic N) is 1. The van der Waals surface area contributed by atoms with Gasteiger partial charge in [-0.2, -0.15) is 0 Å². The number of nitrogens with two attached hydrogens (primary N) is 1. The maximum absolute atomic E-state index is 11.1. The second-order valence-electron chi connectivity index (χ2n) is 4.53. The number of hydrogen-bond acceptors (Lipinski definition) is 6. The zero-order chi connectivity index (χ0) is 15.0. The second kappa shape index (κ2) is 4.90. The monoisotopic (exact) mass is 307 g/mol. The maximum atomic E-state index is 11.1. The van der Waals surface area contributed by atoms with Crippen LogP contribution in [0.1, 0.15) is 11.7 Å². The van der Waals surface area contributed by atoms with Crippen molar-refractivity contribution in [2.75, 3.05) is 5.32 Å². The van der Waals surface area contributed by atoms with Crippen molar-refractivity contribution in [2.45, 2.75) is 18.6 Å². The van der Waals surface area contributed by atoms with Crippen LogP contribution in [-0.4, -0.2) is 13.4 Å². The number of primary sulfonamides is 1. The van der Waals surface area contributed by atoms with E-state index < -0.39 is 10.0 Å². The first-order valence-electron chi connectivity index (χ1n) is 6.14. The summed E-state index contributed by atoms with van der Waals surface area (Å²) in [5.41, 5.74) is 2.29. The van der Waals surface area contributed by atoms with Crippen LogP contribution < -0.4 is 10.5 Å². The molecule has 0 saturated carbocycles. The Morgan fingerprint density at radius 1 is 1.24 bits per heavy atom. The molecule has 0 radical (unpaired) electrons. The van der Waals surface area contributed by atoms with Crippen molar-refractivity contribution in [3.63, 3.8) is 0 Å². The largest absolute Gasteiger partial charge is 0.446 e. The highest BCUT2D eigenvalue weighted by molar-refractivity contribution is 7.89. The molecule has 0 bridgehead atoms. The van der Waals surface area contributed by atoms with E-state index in [4.69, 9.17) is 14.0 Å². The van der Waals surface area contributed by atoms with Crippen LogP contribution in [0.4, 0.5) is 5.69 Å². The Labute approximate surface area is 120 Å². The van der Waals surface area contributed by atoms with Crippen LogP contribution in [0.2, 0.25) is 0 Å². The van der Waals surface area contributed by atoms with Gasteiger partial charge in [0.25, 0.3) is 10.0 Å². The van der Waals surface area contributed by atoms with Gasteiger partial charge in [-0.15, -0.1) is 0 Å². The molecule has 0 aliphatic heterocycles. The van der Waals surface area contributed by atoms with Crippen LogP contribution in [-0.2, 0) is 16.6 Å².